The topological polar surface area (TPSA) is 119 Å². The predicted molar refractivity (Wildman–Crippen MR) is 83.8 cm³/mol. The summed E-state index contributed by atoms with van der Waals surface area (Å²) in [5.74, 6) is -0.0900. The number of sulfonamides is 1. The number of nitrogens with two attached hydrogens (primary N) is 1. The molecular weight excluding hydrogens is 310 g/mol. The second kappa shape index (κ2) is 12.5. The first-order chi connectivity index (χ1) is 10.4. The summed E-state index contributed by atoms with van der Waals surface area (Å²) in [6, 6.07) is 7.25. The number of hydrogen-bond donors (Lipinski definition) is 3. The molecule has 0 saturated carbocycles. The van der Waals surface area contributed by atoms with E-state index in [2.05, 4.69) is 0 Å². The summed E-state index contributed by atoms with van der Waals surface area (Å²) in [5.41, 5.74) is 1.83. The number of benzene rings is 1. The van der Waals surface area contributed by atoms with Crippen LogP contribution >= 0.6 is 0 Å². The van der Waals surface area contributed by atoms with E-state index in [1.165, 1.54) is 0 Å². The van der Waals surface area contributed by atoms with Crippen LogP contribution < -0.4 is 5.14 Å². The van der Waals surface area contributed by atoms with Crippen LogP contribution in [-0.4, -0.2) is 58.3 Å². The Hall–Kier alpha value is -1.03. The molecule has 0 atom stereocenters. The molecule has 7 nitrogen and oxygen atoms in total. The molecule has 8 heteroatoms. The highest BCUT2D eigenvalue weighted by atomic mass is 32.2. The zero-order valence-corrected chi connectivity index (χ0v) is 13.6. The van der Waals surface area contributed by atoms with Gasteiger partial charge in [-0.1, -0.05) is 29.8 Å². The van der Waals surface area contributed by atoms with Crippen molar-refractivity contribution >= 4 is 10.0 Å². The Morgan fingerprint density at radius 3 is 1.77 bits per heavy atom. The van der Waals surface area contributed by atoms with Crippen molar-refractivity contribution in [2.24, 2.45) is 5.14 Å². The van der Waals surface area contributed by atoms with Crippen LogP contribution in [0.25, 0.3) is 0 Å². The fraction of sp³-hybridized carbons (Fsp3) is 0.571. The molecule has 128 valence electrons. The van der Waals surface area contributed by atoms with Gasteiger partial charge in [-0.05, 0) is 12.5 Å². The lowest BCUT2D eigenvalue weighted by Crippen LogP contribution is -2.14. The maximum Gasteiger partial charge on any atom is 0.213 e. The minimum atomic E-state index is -3.39. The van der Waals surface area contributed by atoms with Gasteiger partial charge in [-0.2, -0.15) is 0 Å². The van der Waals surface area contributed by atoms with E-state index in [0.29, 0.717) is 26.4 Å². The molecule has 0 aliphatic carbocycles. The normalized spacial score (nSPS) is 10.9. The maximum absolute atomic E-state index is 10.7. The fourth-order valence-electron chi connectivity index (χ4n) is 1.37. The number of aryl methyl sites for hydroxylation is 1. The van der Waals surface area contributed by atoms with E-state index in [-0.39, 0.29) is 19.0 Å². The number of primary sulfonamides is 1. The van der Waals surface area contributed by atoms with Crippen molar-refractivity contribution < 1.29 is 28.1 Å². The number of aliphatic hydroxyl groups excluding tert-OH is 2. The molecule has 0 aliphatic rings. The lowest BCUT2D eigenvalue weighted by molar-refractivity contribution is 0.0222. The van der Waals surface area contributed by atoms with Crippen molar-refractivity contribution in [2.75, 3.05) is 39.6 Å². The van der Waals surface area contributed by atoms with Gasteiger partial charge in [-0.25, -0.2) is 13.6 Å². The van der Waals surface area contributed by atoms with E-state index < -0.39 is 10.0 Å². The van der Waals surface area contributed by atoms with Gasteiger partial charge in [0, 0.05) is 0 Å². The van der Waals surface area contributed by atoms with Gasteiger partial charge in [-0.15, -0.1) is 0 Å². The van der Waals surface area contributed by atoms with Crippen molar-refractivity contribution in [1.29, 1.82) is 0 Å². The van der Waals surface area contributed by atoms with Crippen LogP contribution in [0.4, 0.5) is 0 Å². The van der Waals surface area contributed by atoms with Gasteiger partial charge in [0.1, 0.15) is 0 Å². The quantitative estimate of drug-likeness (QED) is 0.537. The average molecular weight is 335 g/mol. The third kappa shape index (κ3) is 13.9. The van der Waals surface area contributed by atoms with Gasteiger partial charge < -0.3 is 19.7 Å². The van der Waals surface area contributed by atoms with E-state index in [0.717, 1.165) is 11.1 Å². The summed E-state index contributed by atoms with van der Waals surface area (Å²) < 4.78 is 31.1. The van der Waals surface area contributed by atoms with Crippen molar-refractivity contribution in [3.8, 4) is 0 Å². The molecule has 1 aromatic carbocycles. The molecular formula is C14H25NO6S. The van der Waals surface area contributed by atoms with Crippen LogP contribution in [0, 0.1) is 6.92 Å². The standard InChI is InChI=1S/C8H11NO2S.C6H14O4/c1-7-2-4-8(5-3-7)6-12(9,10)11;7-1-3-9-5-6-10-4-2-8/h2-5H,6H2,1H3,(H2,9,10,11);7-8H,1-6H2. The molecule has 0 saturated heterocycles. The zero-order valence-electron chi connectivity index (χ0n) is 12.8. The van der Waals surface area contributed by atoms with Crippen molar-refractivity contribution in [1.82, 2.24) is 0 Å². The Kier molecular flexibility index (Phi) is 11.9. The summed E-state index contributed by atoms with van der Waals surface area (Å²) in [5, 5.41) is 21.4. The number of ether oxygens (including phenoxy) is 2. The molecule has 22 heavy (non-hydrogen) atoms. The van der Waals surface area contributed by atoms with E-state index in [4.69, 9.17) is 24.8 Å². The van der Waals surface area contributed by atoms with Crippen LogP contribution in [-0.2, 0) is 25.2 Å². The SMILES string of the molecule is Cc1ccc(CS(N)(=O)=O)cc1.OCCOCCOCCO. The minimum Gasteiger partial charge on any atom is -0.394 e. The van der Waals surface area contributed by atoms with Crippen molar-refractivity contribution in [3.05, 3.63) is 35.4 Å². The second-order valence-corrected chi connectivity index (χ2v) is 6.08. The van der Waals surface area contributed by atoms with Crippen LogP contribution in [0.2, 0.25) is 0 Å². The van der Waals surface area contributed by atoms with Gasteiger partial charge in [0.2, 0.25) is 10.0 Å². The number of hydrogen-bond acceptors (Lipinski definition) is 6. The van der Waals surface area contributed by atoms with Crippen molar-refractivity contribution in [3.63, 3.8) is 0 Å². The molecule has 0 spiro atoms. The number of aliphatic hydroxyl groups is 2. The second-order valence-electron chi connectivity index (χ2n) is 4.46. The third-order valence-corrected chi connectivity index (χ3v) is 3.07. The van der Waals surface area contributed by atoms with Gasteiger partial charge in [0.05, 0.1) is 45.4 Å². The van der Waals surface area contributed by atoms with Gasteiger partial charge in [-0.3, -0.25) is 0 Å². The zero-order chi connectivity index (χ0) is 16.8. The van der Waals surface area contributed by atoms with Gasteiger partial charge in [0.15, 0.2) is 0 Å². The highest BCUT2D eigenvalue weighted by molar-refractivity contribution is 7.88. The Labute approximate surface area is 131 Å². The van der Waals surface area contributed by atoms with E-state index >= 15 is 0 Å². The van der Waals surface area contributed by atoms with Crippen molar-refractivity contribution in [2.45, 2.75) is 12.7 Å². The van der Waals surface area contributed by atoms with E-state index in [9.17, 15) is 8.42 Å². The smallest absolute Gasteiger partial charge is 0.213 e. The predicted octanol–water partition coefficient (Wildman–Crippen LogP) is -0.212. The first-order valence-electron chi connectivity index (χ1n) is 6.82. The van der Waals surface area contributed by atoms with E-state index in [1.54, 1.807) is 12.1 Å². The summed E-state index contributed by atoms with van der Waals surface area (Å²) in [6.45, 7) is 3.67. The first-order valence-corrected chi connectivity index (χ1v) is 8.54. The summed E-state index contributed by atoms with van der Waals surface area (Å²) >= 11 is 0. The summed E-state index contributed by atoms with van der Waals surface area (Å²) in [6.07, 6.45) is 0. The minimum absolute atomic E-state index is 0.0417. The van der Waals surface area contributed by atoms with Crippen LogP contribution in [0.5, 0.6) is 0 Å². The molecule has 0 bridgehead atoms. The monoisotopic (exact) mass is 335 g/mol. The fourth-order valence-corrected chi connectivity index (χ4v) is 2.02. The number of rotatable bonds is 9. The largest absolute Gasteiger partial charge is 0.394 e. The molecule has 0 aliphatic heterocycles. The van der Waals surface area contributed by atoms with Crippen LogP contribution in [0.15, 0.2) is 24.3 Å². The van der Waals surface area contributed by atoms with Crippen LogP contribution in [0.1, 0.15) is 11.1 Å². The maximum atomic E-state index is 10.7. The summed E-state index contributed by atoms with van der Waals surface area (Å²) in [4.78, 5) is 0. The molecule has 1 aromatic rings. The highest BCUT2D eigenvalue weighted by Crippen LogP contribution is 2.05. The molecule has 0 amide bonds. The molecule has 1 rings (SSSR count). The third-order valence-electron chi connectivity index (χ3n) is 2.33. The lowest BCUT2D eigenvalue weighted by atomic mass is 10.2. The molecule has 0 heterocycles. The molecule has 0 unspecified atom stereocenters. The van der Waals surface area contributed by atoms with Crippen LogP contribution in [0.3, 0.4) is 0 Å². The Balaban J connectivity index is 0.000000409. The molecule has 0 aromatic heterocycles. The first kappa shape index (κ1) is 21.0. The molecule has 0 fully saturated rings. The Morgan fingerprint density at radius 1 is 0.955 bits per heavy atom. The lowest BCUT2D eigenvalue weighted by Gasteiger charge is -2.01. The summed E-state index contributed by atoms with van der Waals surface area (Å²) in [7, 11) is -3.39. The van der Waals surface area contributed by atoms with Gasteiger partial charge in [0.25, 0.3) is 0 Å². The van der Waals surface area contributed by atoms with Gasteiger partial charge >= 0.3 is 0 Å². The van der Waals surface area contributed by atoms with E-state index in [1.807, 2.05) is 19.1 Å². The average Bonchev–Trinajstić information content (AvgIpc) is 2.45. The highest BCUT2D eigenvalue weighted by Gasteiger charge is 2.03. The molecule has 4 N–H and O–H groups in total. The Bertz CT molecular complexity index is 467. The Morgan fingerprint density at radius 2 is 1.41 bits per heavy atom. The molecule has 0 radical (unpaired) electrons.